The van der Waals surface area contributed by atoms with Crippen LogP contribution in [-0.2, 0) is 16.1 Å². The van der Waals surface area contributed by atoms with E-state index in [2.05, 4.69) is 5.32 Å². The van der Waals surface area contributed by atoms with Crippen LogP contribution in [0.2, 0.25) is 0 Å². The van der Waals surface area contributed by atoms with Crippen LogP contribution in [0.25, 0.3) is 0 Å². The first-order chi connectivity index (χ1) is 8.69. The Kier molecular flexibility index (Phi) is 5.79. The van der Waals surface area contributed by atoms with Gasteiger partial charge >= 0.3 is 0 Å². The predicted octanol–water partition coefficient (Wildman–Crippen LogP) is 2.46. The molecule has 0 atom stereocenters. The number of carbonyl (C=O) groups excluding carboxylic acids is 1. The lowest BCUT2D eigenvalue weighted by Gasteiger charge is -2.39. The minimum atomic E-state index is -0.234. The van der Waals surface area contributed by atoms with Crippen molar-refractivity contribution in [1.29, 1.82) is 0 Å². The number of methoxy groups -OCH3 is 1. The fraction of sp³-hybridized carbons (Fsp3) is 0.500. The average Bonchev–Trinajstić information content (AvgIpc) is 2.34. The van der Waals surface area contributed by atoms with Gasteiger partial charge in [-0.1, -0.05) is 18.2 Å². The number of carbonyl (C=O) groups is 1. The van der Waals surface area contributed by atoms with Gasteiger partial charge in [-0.3, -0.25) is 4.79 Å². The number of para-hydroxylation sites is 1. The van der Waals surface area contributed by atoms with Crippen LogP contribution in [0.4, 0.5) is 5.69 Å². The van der Waals surface area contributed by atoms with Gasteiger partial charge in [0.25, 0.3) is 0 Å². The maximum absolute atomic E-state index is 12.0. The molecule has 1 aromatic carbocycles. The highest BCUT2D eigenvalue weighted by Gasteiger charge is 2.38. The predicted molar refractivity (Wildman–Crippen MR) is 78.4 cm³/mol. The van der Waals surface area contributed by atoms with E-state index in [1.165, 1.54) is 0 Å². The lowest BCUT2D eigenvalue weighted by molar-refractivity contribution is -0.129. The van der Waals surface area contributed by atoms with Crippen LogP contribution in [0, 0.1) is 0 Å². The average molecular weight is 285 g/mol. The number of amides is 1. The molecule has 0 aliphatic heterocycles. The van der Waals surface area contributed by atoms with Gasteiger partial charge < -0.3 is 15.8 Å². The first-order valence-electron chi connectivity index (χ1n) is 6.32. The van der Waals surface area contributed by atoms with Gasteiger partial charge in [-0.05, 0) is 30.9 Å². The van der Waals surface area contributed by atoms with E-state index >= 15 is 0 Å². The Bertz CT molecular complexity index is 428. The Balaban J connectivity index is 0.00000180. The van der Waals surface area contributed by atoms with Gasteiger partial charge in [-0.15, -0.1) is 12.4 Å². The molecule has 1 aromatic rings. The molecule has 3 N–H and O–H groups in total. The summed E-state index contributed by atoms with van der Waals surface area (Å²) in [5, 5.41) is 2.92. The molecule has 0 unspecified atom stereocenters. The number of hydrogen-bond acceptors (Lipinski definition) is 3. The van der Waals surface area contributed by atoms with E-state index in [0.29, 0.717) is 13.0 Å². The molecule has 1 saturated carbocycles. The molecule has 5 heteroatoms. The monoisotopic (exact) mass is 284 g/mol. The smallest absolute Gasteiger partial charge is 0.227 e. The highest BCUT2D eigenvalue weighted by Crippen LogP contribution is 2.38. The molecule has 4 nitrogen and oxygen atoms in total. The van der Waals surface area contributed by atoms with Gasteiger partial charge in [0.05, 0.1) is 12.0 Å². The van der Waals surface area contributed by atoms with Crippen molar-refractivity contribution in [2.75, 3.05) is 12.4 Å². The highest BCUT2D eigenvalue weighted by atomic mass is 35.5. The third-order valence-electron chi connectivity index (χ3n) is 3.69. The van der Waals surface area contributed by atoms with Crippen molar-refractivity contribution >= 4 is 24.0 Å². The van der Waals surface area contributed by atoms with Crippen molar-refractivity contribution in [1.82, 2.24) is 0 Å². The maximum Gasteiger partial charge on any atom is 0.227 e. The second-order valence-electron chi connectivity index (χ2n) is 4.83. The number of ether oxygens (including phenoxy) is 1. The molecule has 1 aliphatic rings. The maximum atomic E-state index is 12.0. The highest BCUT2D eigenvalue weighted by molar-refractivity contribution is 5.92. The summed E-state index contributed by atoms with van der Waals surface area (Å²) < 4.78 is 5.45. The second-order valence-corrected chi connectivity index (χ2v) is 4.83. The molecule has 19 heavy (non-hydrogen) atoms. The van der Waals surface area contributed by atoms with Crippen LogP contribution in [0.5, 0.6) is 0 Å². The van der Waals surface area contributed by atoms with Gasteiger partial charge in [0.2, 0.25) is 5.91 Å². The quantitative estimate of drug-likeness (QED) is 0.873. The summed E-state index contributed by atoms with van der Waals surface area (Å²) in [5.41, 5.74) is 7.16. The summed E-state index contributed by atoms with van der Waals surface area (Å²) in [7, 11) is 1.68. The molecule has 1 fully saturated rings. The summed E-state index contributed by atoms with van der Waals surface area (Å²) in [6.07, 6.45) is 3.49. The molecule has 0 radical (unpaired) electrons. The standard InChI is InChI=1S/C14H20N2O2.ClH/c1-18-14(7-4-8-14)9-13(17)16-12-6-3-2-5-11(12)10-15;/h2-3,5-6H,4,7-10,15H2,1H3,(H,16,17);1H. The SMILES string of the molecule is COC1(CC(=O)Nc2ccccc2CN)CCC1.Cl. The molecule has 0 saturated heterocycles. The van der Waals surface area contributed by atoms with Crippen LogP contribution < -0.4 is 11.1 Å². The fourth-order valence-electron chi connectivity index (χ4n) is 2.33. The Morgan fingerprint density at radius 1 is 1.42 bits per heavy atom. The fourth-order valence-corrected chi connectivity index (χ4v) is 2.33. The molecule has 0 bridgehead atoms. The van der Waals surface area contributed by atoms with E-state index in [1.54, 1.807) is 7.11 Å². The molecule has 1 aliphatic carbocycles. The Morgan fingerprint density at radius 2 is 2.11 bits per heavy atom. The van der Waals surface area contributed by atoms with Crippen molar-refractivity contribution < 1.29 is 9.53 Å². The molecule has 0 spiro atoms. The lowest BCUT2D eigenvalue weighted by Crippen LogP contribution is -2.42. The van der Waals surface area contributed by atoms with Gasteiger partial charge in [0, 0.05) is 19.3 Å². The van der Waals surface area contributed by atoms with Gasteiger partial charge in [0.1, 0.15) is 0 Å². The molecular formula is C14H21ClN2O2. The van der Waals surface area contributed by atoms with Gasteiger partial charge in [-0.2, -0.15) is 0 Å². The molecule has 1 amide bonds. The number of hydrogen-bond donors (Lipinski definition) is 2. The van der Waals surface area contributed by atoms with E-state index in [9.17, 15) is 4.79 Å². The van der Waals surface area contributed by atoms with Crippen LogP contribution in [0.3, 0.4) is 0 Å². The van der Waals surface area contributed by atoms with Crippen LogP contribution in [0.1, 0.15) is 31.2 Å². The Labute approximate surface area is 120 Å². The summed E-state index contributed by atoms with van der Waals surface area (Å²) in [6, 6.07) is 7.61. The zero-order chi connectivity index (χ0) is 13.0. The van der Waals surface area contributed by atoms with Crippen molar-refractivity contribution in [2.45, 2.75) is 37.8 Å². The molecule has 0 heterocycles. The summed E-state index contributed by atoms with van der Waals surface area (Å²) in [4.78, 5) is 12.0. The van der Waals surface area contributed by atoms with E-state index in [-0.39, 0.29) is 23.9 Å². The minimum Gasteiger partial charge on any atom is -0.378 e. The van der Waals surface area contributed by atoms with E-state index in [1.807, 2.05) is 24.3 Å². The molecule has 2 rings (SSSR count). The molecular weight excluding hydrogens is 264 g/mol. The summed E-state index contributed by atoms with van der Waals surface area (Å²) in [6.45, 7) is 0.422. The van der Waals surface area contributed by atoms with Crippen molar-refractivity contribution in [3.05, 3.63) is 29.8 Å². The minimum absolute atomic E-state index is 0. The summed E-state index contributed by atoms with van der Waals surface area (Å²) >= 11 is 0. The molecule has 0 aromatic heterocycles. The van der Waals surface area contributed by atoms with Crippen molar-refractivity contribution in [3.8, 4) is 0 Å². The van der Waals surface area contributed by atoms with Gasteiger partial charge in [-0.25, -0.2) is 0 Å². The first kappa shape index (κ1) is 16.0. The third kappa shape index (κ3) is 3.69. The van der Waals surface area contributed by atoms with Crippen LogP contribution >= 0.6 is 12.4 Å². The number of rotatable bonds is 5. The summed E-state index contributed by atoms with van der Waals surface area (Å²) in [5.74, 6) is -0.00236. The lowest BCUT2D eigenvalue weighted by atomic mass is 9.77. The van der Waals surface area contributed by atoms with Crippen LogP contribution in [-0.4, -0.2) is 18.6 Å². The third-order valence-corrected chi connectivity index (χ3v) is 3.69. The van der Waals surface area contributed by atoms with Gasteiger partial charge in [0.15, 0.2) is 0 Å². The number of nitrogens with one attached hydrogen (secondary N) is 1. The zero-order valence-electron chi connectivity index (χ0n) is 11.1. The van der Waals surface area contributed by atoms with E-state index < -0.39 is 0 Å². The number of anilines is 1. The number of nitrogens with two attached hydrogens (primary N) is 1. The van der Waals surface area contributed by atoms with E-state index in [4.69, 9.17) is 10.5 Å². The Hall–Kier alpha value is -1.10. The largest absolute Gasteiger partial charge is 0.378 e. The molecule has 106 valence electrons. The second kappa shape index (κ2) is 6.89. The topological polar surface area (TPSA) is 64.3 Å². The van der Waals surface area contributed by atoms with E-state index in [0.717, 1.165) is 30.5 Å². The zero-order valence-corrected chi connectivity index (χ0v) is 12.0. The van der Waals surface area contributed by atoms with Crippen molar-refractivity contribution in [3.63, 3.8) is 0 Å². The van der Waals surface area contributed by atoms with Crippen LogP contribution in [0.15, 0.2) is 24.3 Å². The number of benzene rings is 1. The van der Waals surface area contributed by atoms with Crippen molar-refractivity contribution in [2.24, 2.45) is 5.73 Å². The number of halogens is 1. The Morgan fingerprint density at radius 3 is 2.63 bits per heavy atom. The first-order valence-corrected chi connectivity index (χ1v) is 6.32. The normalized spacial score (nSPS) is 16.1.